The van der Waals surface area contributed by atoms with Gasteiger partial charge < -0.3 is 19.1 Å². The van der Waals surface area contributed by atoms with Crippen molar-refractivity contribution in [2.45, 2.75) is 12.7 Å². The Morgan fingerprint density at radius 3 is 2.41 bits per heavy atom. The fourth-order valence-corrected chi connectivity index (χ4v) is 3.20. The number of carbonyl (C=O) groups is 1. The molecule has 0 saturated carbocycles. The fraction of sp³-hybridized carbons (Fsp3) is 0.208. The predicted octanol–water partition coefficient (Wildman–Crippen LogP) is 4.18. The van der Waals surface area contributed by atoms with Gasteiger partial charge in [0.05, 0.1) is 6.54 Å². The smallest absolute Gasteiger partial charge is 0.253 e. The fourth-order valence-electron chi connectivity index (χ4n) is 3.20. The highest BCUT2D eigenvalue weighted by molar-refractivity contribution is 5.94. The van der Waals surface area contributed by atoms with Gasteiger partial charge in [0.25, 0.3) is 5.91 Å². The molecule has 4 rings (SSSR count). The van der Waals surface area contributed by atoms with Crippen molar-refractivity contribution in [2.24, 2.45) is 0 Å². The molecule has 0 aromatic heterocycles. The number of fused-ring (bicyclic) bond motifs is 1. The summed E-state index contributed by atoms with van der Waals surface area (Å²) in [5.74, 6) is 2.11. The highest BCUT2D eigenvalue weighted by atomic mass is 16.6. The van der Waals surface area contributed by atoms with Gasteiger partial charge in [0.1, 0.15) is 19.0 Å². The van der Waals surface area contributed by atoms with Gasteiger partial charge in [-0.1, -0.05) is 42.5 Å². The van der Waals surface area contributed by atoms with Crippen molar-refractivity contribution in [3.8, 4) is 17.2 Å². The van der Waals surface area contributed by atoms with Crippen molar-refractivity contribution in [2.75, 3.05) is 20.2 Å². The largest absolute Gasteiger partial charge is 0.489 e. The Kier molecular flexibility index (Phi) is 5.66. The lowest BCUT2D eigenvalue weighted by molar-refractivity contribution is 0.0521. The summed E-state index contributed by atoms with van der Waals surface area (Å²) in [6, 6.07) is 24.7. The van der Waals surface area contributed by atoms with Crippen LogP contribution in [0.15, 0.2) is 78.9 Å². The lowest BCUT2D eigenvalue weighted by atomic mass is 10.2. The minimum Gasteiger partial charge on any atom is -0.489 e. The van der Waals surface area contributed by atoms with E-state index in [-0.39, 0.29) is 12.0 Å². The first kappa shape index (κ1) is 18.9. The van der Waals surface area contributed by atoms with Gasteiger partial charge in [0, 0.05) is 12.6 Å². The first-order valence-corrected chi connectivity index (χ1v) is 9.60. The van der Waals surface area contributed by atoms with Crippen LogP contribution in [0.25, 0.3) is 0 Å². The molecular weight excluding hydrogens is 366 g/mol. The number of benzene rings is 3. The Morgan fingerprint density at radius 1 is 0.966 bits per heavy atom. The molecule has 3 aromatic rings. The van der Waals surface area contributed by atoms with Crippen molar-refractivity contribution in [3.05, 3.63) is 90.0 Å². The first-order chi connectivity index (χ1) is 14.2. The maximum absolute atomic E-state index is 12.7. The number of hydrogen-bond acceptors (Lipinski definition) is 4. The zero-order valence-electron chi connectivity index (χ0n) is 16.3. The molecule has 148 valence electrons. The Bertz CT molecular complexity index is 956. The highest BCUT2D eigenvalue weighted by Gasteiger charge is 2.24. The molecule has 0 radical (unpaired) electrons. The van der Waals surface area contributed by atoms with E-state index in [0.717, 1.165) is 17.1 Å². The van der Waals surface area contributed by atoms with Gasteiger partial charge in [-0.05, 0) is 42.0 Å². The van der Waals surface area contributed by atoms with Crippen LogP contribution in [-0.4, -0.2) is 37.1 Å². The second-order valence-electron chi connectivity index (χ2n) is 6.98. The molecule has 0 fully saturated rings. The zero-order valence-corrected chi connectivity index (χ0v) is 16.3. The zero-order chi connectivity index (χ0) is 20.1. The molecule has 0 N–H and O–H groups in total. The first-order valence-electron chi connectivity index (χ1n) is 9.60. The molecular formula is C24H23NO4. The molecule has 1 aliphatic heterocycles. The number of ether oxygens (including phenoxy) is 3. The number of nitrogens with zero attached hydrogens (tertiary/aromatic N) is 1. The van der Waals surface area contributed by atoms with E-state index >= 15 is 0 Å². The summed E-state index contributed by atoms with van der Waals surface area (Å²) in [7, 11) is 1.77. The van der Waals surface area contributed by atoms with E-state index in [0.29, 0.717) is 31.1 Å². The van der Waals surface area contributed by atoms with Crippen molar-refractivity contribution < 1.29 is 19.0 Å². The van der Waals surface area contributed by atoms with Gasteiger partial charge in [-0.25, -0.2) is 0 Å². The molecule has 5 nitrogen and oxygen atoms in total. The Morgan fingerprint density at radius 2 is 1.66 bits per heavy atom. The molecule has 0 aliphatic carbocycles. The maximum Gasteiger partial charge on any atom is 0.253 e. The third kappa shape index (κ3) is 4.69. The predicted molar refractivity (Wildman–Crippen MR) is 111 cm³/mol. The van der Waals surface area contributed by atoms with Gasteiger partial charge in [0.2, 0.25) is 0 Å². The molecule has 0 bridgehead atoms. The van der Waals surface area contributed by atoms with Gasteiger partial charge in [-0.15, -0.1) is 0 Å². The van der Waals surface area contributed by atoms with Crippen molar-refractivity contribution in [1.82, 2.24) is 4.90 Å². The van der Waals surface area contributed by atoms with Crippen molar-refractivity contribution >= 4 is 5.91 Å². The molecule has 3 aromatic carbocycles. The third-order valence-corrected chi connectivity index (χ3v) is 4.74. The van der Waals surface area contributed by atoms with E-state index in [1.165, 1.54) is 0 Å². The monoisotopic (exact) mass is 389 g/mol. The Balaban J connectivity index is 1.32. The van der Waals surface area contributed by atoms with Crippen LogP contribution in [0.5, 0.6) is 17.2 Å². The topological polar surface area (TPSA) is 48.0 Å². The van der Waals surface area contributed by atoms with Crippen LogP contribution >= 0.6 is 0 Å². The van der Waals surface area contributed by atoms with E-state index in [4.69, 9.17) is 14.2 Å². The average molecular weight is 389 g/mol. The lowest BCUT2D eigenvalue weighted by Crippen LogP contribution is -2.41. The summed E-state index contributed by atoms with van der Waals surface area (Å²) < 4.78 is 17.4. The number of amides is 1. The quantitative estimate of drug-likeness (QED) is 0.635. The molecule has 1 heterocycles. The van der Waals surface area contributed by atoms with E-state index in [1.807, 2.05) is 66.7 Å². The summed E-state index contributed by atoms with van der Waals surface area (Å²) in [5.41, 5.74) is 1.71. The summed E-state index contributed by atoms with van der Waals surface area (Å²) in [6.07, 6.45) is -0.202. The van der Waals surface area contributed by atoms with Gasteiger partial charge in [-0.3, -0.25) is 4.79 Å². The van der Waals surface area contributed by atoms with Gasteiger partial charge >= 0.3 is 0 Å². The molecule has 1 atom stereocenters. The minimum atomic E-state index is -0.202. The molecule has 5 heteroatoms. The number of hydrogen-bond donors (Lipinski definition) is 0. The summed E-state index contributed by atoms with van der Waals surface area (Å²) in [5, 5.41) is 0. The number of carbonyl (C=O) groups excluding carboxylic acids is 1. The van der Waals surface area contributed by atoms with Gasteiger partial charge in [-0.2, -0.15) is 0 Å². The van der Waals surface area contributed by atoms with Crippen LogP contribution in [0, 0.1) is 0 Å². The van der Waals surface area contributed by atoms with Crippen LogP contribution in [-0.2, 0) is 6.61 Å². The molecule has 0 spiro atoms. The second kappa shape index (κ2) is 8.69. The SMILES string of the molecule is CN(CC1COc2ccccc2O1)C(=O)c1ccc(OCc2ccccc2)cc1. The molecule has 1 unspecified atom stereocenters. The van der Waals surface area contributed by atoms with E-state index in [1.54, 1.807) is 24.1 Å². The third-order valence-electron chi connectivity index (χ3n) is 4.74. The molecule has 0 saturated heterocycles. The van der Waals surface area contributed by atoms with Gasteiger partial charge in [0.15, 0.2) is 17.6 Å². The van der Waals surface area contributed by atoms with E-state index in [9.17, 15) is 4.79 Å². The van der Waals surface area contributed by atoms with E-state index in [2.05, 4.69) is 0 Å². The standard InChI is InChI=1S/C24H23NO4/c1-25(15-21-17-28-22-9-5-6-10-23(22)29-21)24(26)19-11-13-20(14-12-19)27-16-18-7-3-2-4-8-18/h2-14,21H,15-17H2,1H3. The van der Waals surface area contributed by atoms with E-state index < -0.39 is 0 Å². The highest BCUT2D eigenvalue weighted by Crippen LogP contribution is 2.31. The minimum absolute atomic E-state index is 0.0675. The lowest BCUT2D eigenvalue weighted by Gasteiger charge is -2.29. The number of para-hydroxylation sites is 2. The number of rotatable bonds is 6. The van der Waals surface area contributed by atoms with Crippen molar-refractivity contribution in [1.29, 1.82) is 0 Å². The maximum atomic E-state index is 12.7. The van der Waals surface area contributed by atoms with Crippen LogP contribution < -0.4 is 14.2 Å². The Labute approximate surface area is 170 Å². The van der Waals surface area contributed by atoms with Crippen LogP contribution in [0.2, 0.25) is 0 Å². The molecule has 1 amide bonds. The van der Waals surface area contributed by atoms with Crippen LogP contribution in [0.4, 0.5) is 0 Å². The summed E-state index contributed by atoms with van der Waals surface area (Å²) in [4.78, 5) is 14.4. The Hall–Kier alpha value is -3.47. The summed E-state index contributed by atoms with van der Waals surface area (Å²) >= 11 is 0. The number of likely N-dealkylation sites (N-methyl/N-ethyl adjacent to an activating group) is 1. The molecule has 29 heavy (non-hydrogen) atoms. The summed E-state index contributed by atoms with van der Waals surface area (Å²) in [6.45, 7) is 1.36. The van der Waals surface area contributed by atoms with Crippen LogP contribution in [0.1, 0.15) is 15.9 Å². The second-order valence-corrected chi connectivity index (χ2v) is 6.98. The van der Waals surface area contributed by atoms with Crippen LogP contribution in [0.3, 0.4) is 0 Å². The van der Waals surface area contributed by atoms with Crippen molar-refractivity contribution in [3.63, 3.8) is 0 Å². The normalized spacial score (nSPS) is 14.9. The molecule has 1 aliphatic rings. The average Bonchev–Trinajstić information content (AvgIpc) is 2.78.